The van der Waals surface area contributed by atoms with E-state index in [9.17, 15) is 9.59 Å². The highest BCUT2D eigenvalue weighted by molar-refractivity contribution is 9.10. The molecule has 0 saturated heterocycles. The van der Waals surface area contributed by atoms with Crippen molar-refractivity contribution in [2.45, 2.75) is 0 Å². The number of hydrogen-bond donors (Lipinski definition) is 3. The molecule has 1 aromatic rings. The summed E-state index contributed by atoms with van der Waals surface area (Å²) in [5.74, 6) is -0.591. The molecule has 0 saturated carbocycles. The average Bonchev–Trinajstić information content (AvgIpc) is 2.45. The molecule has 1 rings (SSSR count). The van der Waals surface area contributed by atoms with Crippen LogP contribution in [0.5, 0.6) is 0 Å². The van der Waals surface area contributed by atoms with Crippen molar-refractivity contribution in [3.63, 3.8) is 0 Å². The number of hydrogen-bond acceptors (Lipinski definition) is 4. The molecule has 20 heavy (non-hydrogen) atoms. The Morgan fingerprint density at radius 3 is 2.50 bits per heavy atom. The molecule has 0 aliphatic carbocycles. The van der Waals surface area contributed by atoms with E-state index in [-0.39, 0.29) is 31.6 Å². The minimum atomic E-state index is -0.302. The van der Waals surface area contributed by atoms with Gasteiger partial charge in [-0.1, -0.05) is 15.9 Å². The first-order chi connectivity index (χ1) is 9.63. The molecule has 6 nitrogen and oxygen atoms in total. The second kappa shape index (κ2) is 9.46. The monoisotopic (exact) mass is 344 g/mol. The predicted octanol–water partition coefficient (Wildman–Crippen LogP) is 0.304. The smallest absolute Gasteiger partial charge is 0.251 e. The van der Waals surface area contributed by atoms with Crippen LogP contribution in [0.2, 0.25) is 0 Å². The van der Waals surface area contributed by atoms with Gasteiger partial charge in [-0.25, -0.2) is 0 Å². The van der Waals surface area contributed by atoms with Gasteiger partial charge in [0, 0.05) is 16.6 Å². The largest absolute Gasteiger partial charge is 0.394 e. The van der Waals surface area contributed by atoms with E-state index in [1.54, 1.807) is 24.3 Å². The van der Waals surface area contributed by atoms with Crippen LogP contribution in [-0.4, -0.2) is 49.8 Å². The summed E-state index contributed by atoms with van der Waals surface area (Å²) in [6.07, 6.45) is 0. The average molecular weight is 345 g/mol. The molecule has 0 atom stereocenters. The minimum absolute atomic E-state index is 0.0445. The lowest BCUT2D eigenvalue weighted by atomic mass is 10.2. The van der Waals surface area contributed by atoms with E-state index >= 15 is 0 Å². The van der Waals surface area contributed by atoms with Crippen molar-refractivity contribution in [3.8, 4) is 0 Å². The summed E-state index contributed by atoms with van der Waals surface area (Å²) >= 11 is 3.28. The Balaban J connectivity index is 2.20. The van der Waals surface area contributed by atoms with Crippen LogP contribution in [0.1, 0.15) is 10.4 Å². The highest BCUT2D eigenvalue weighted by Gasteiger charge is 2.07. The number of halogens is 1. The number of rotatable bonds is 8. The van der Waals surface area contributed by atoms with Crippen molar-refractivity contribution in [1.29, 1.82) is 0 Å². The van der Waals surface area contributed by atoms with Crippen LogP contribution >= 0.6 is 15.9 Å². The van der Waals surface area contributed by atoms with E-state index < -0.39 is 0 Å². The second-order valence-electron chi connectivity index (χ2n) is 3.88. The van der Waals surface area contributed by atoms with Crippen molar-refractivity contribution in [2.24, 2.45) is 0 Å². The molecule has 0 aliphatic rings. The summed E-state index contributed by atoms with van der Waals surface area (Å²) in [6, 6.07) is 6.85. The number of carbonyl (C=O) groups is 2. The second-order valence-corrected chi connectivity index (χ2v) is 4.79. The third-order valence-corrected chi connectivity index (χ3v) is 2.85. The number of aliphatic hydroxyl groups is 1. The normalized spacial score (nSPS) is 10.1. The van der Waals surface area contributed by atoms with Crippen molar-refractivity contribution in [1.82, 2.24) is 10.6 Å². The highest BCUT2D eigenvalue weighted by atomic mass is 79.9. The molecule has 2 amide bonds. The summed E-state index contributed by atoms with van der Waals surface area (Å²) in [5.41, 5.74) is 0.493. The van der Waals surface area contributed by atoms with E-state index in [0.717, 1.165) is 4.47 Å². The summed E-state index contributed by atoms with van der Waals surface area (Å²) in [7, 11) is 0. The molecule has 0 spiro atoms. The van der Waals surface area contributed by atoms with E-state index in [1.807, 2.05) is 0 Å². The minimum Gasteiger partial charge on any atom is -0.394 e. The summed E-state index contributed by atoms with van der Waals surface area (Å²) in [5, 5.41) is 13.6. The standard InChI is InChI=1S/C13H17BrN2O4/c14-11-3-1-10(2-4-11)13(19)16-9-12(18)15-5-7-20-8-6-17/h1-4,17H,5-9H2,(H,15,18)(H,16,19). The summed E-state index contributed by atoms with van der Waals surface area (Å²) in [6.45, 7) is 0.780. The Labute approximate surface area is 125 Å². The summed E-state index contributed by atoms with van der Waals surface area (Å²) < 4.78 is 5.87. The first-order valence-corrected chi connectivity index (χ1v) is 6.92. The lowest BCUT2D eigenvalue weighted by Gasteiger charge is -2.07. The Bertz CT molecular complexity index is 437. The van der Waals surface area contributed by atoms with Crippen molar-refractivity contribution in [2.75, 3.05) is 32.9 Å². The first kappa shape index (κ1) is 16.6. The third-order valence-electron chi connectivity index (χ3n) is 2.32. The van der Waals surface area contributed by atoms with E-state index in [2.05, 4.69) is 26.6 Å². The van der Waals surface area contributed by atoms with Gasteiger partial charge in [0.1, 0.15) is 0 Å². The van der Waals surface area contributed by atoms with Crippen LogP contribution in [0.3, 0.4) is 0 Å². The zero-order valence-corrected chi connectivity index (χ0v) is 12.5. The number of amides is 2. The highest BCUT2D eigenvalue weighted by Crippen LogP contribution is 2.10. The van der Waals surface area contributed by atoms with Gasteiger partial charge in [-0.15, -0.1) is 0 Å². The third kappa shape index (κ3) is 6.65. The fourth-order valence-corrected chi connectivity index (χ4v) is 1.62. The Kier molecular flexibility index (Phi) is 7.86. The maximum atomic E-state index is 11.7. The van der Waals surface area contributed by atoms with E-state index in [1.165, 1.54) is 0 Å². The zero-order valence-electron chi connectivity index (χ0n) is 10.9. The molecule has 0 aromatic heterocycles. The molecule has 1 aromatic carbocycles. The molecule has 0 fully saturated rings. The molecule has 110 valence electrons. The van der Waals surface area contributed by atoms with Gasteiger partial charge in [-0.2, -0.15) is 0 Å². The van der Waals surface area contributed by atoms with Crippen molar-refractivity contribution >= 4 is 27.7 Å². The Morgan fingerprint density at radius 2 is 1.85 bits per heavy atom. The quantitative estimate of drug-likeness (QED) is 0.592. The molecular weight excluding hydrogens is 328 g/mol. The lowest BCUT2D eigenvalue weighted by Crippen LogP contribution is -2.38. The van der Waals surface area contributed by atoms with Gasteiger partial charge in [0.2, 0.25) is 5.91 Å². The fraction of sp³-hybridized carbons (Fsp3) is 0.385. The van der Waals surface area contributed by atoms with E-state index in [0.29, 0.717) is 18.7 Å². The van der Waals surface area contributed by atoms with Crippen molar-refractivity contribution in [3.05, 3.63) is 34.3 Å². The molecule has 7 heteroatoms. The van der Waals surface area contributed by atoms with Crippen LogP contribution in [-0.2, 0) is 9.53 Å². The van der Waals surface area contributed by atoms with E-state index in [4.69, 9.17) is 9.84 Å². The molecule has 0 unspecified atom stereocenters. The maximum Gasteiger partial charge on any atom is 0.251 e. The predicted molar refractivity (Wildman–Crippen MR) is 77.4 cm³/mol. The van der Waals surface area contributed by atoms with Gasteiger partial charge in [-0.05, 0) is 24.3 Å². The molecule has 0 heterocycles. The van der Waals surface area contributed by atoms with Crippen LogP contribution < -0.4 is 10.6 Å². The van der Waals surface area contributed by atoms with Crippen LogP contribution in [0.15, 0.2) is 28.7 Å². The molecular formula is C13H17BrN2O4. The van der Waals surface area contributed by atoms with Crippen molar-refractivity contribution < 1.29 is 19.4 Å². The first-order valence-electron chi connectivity index (χ1n) is 6.12. The number of carbonyl (C=O) groups excluding carboxylic acids is 2. The molecule has 0 aliphatic heterocycles. The number of benzene rings is 1. The number of ether oxygens (including phenoxy) is 1. The molecule has 0 radical (unpaired) electrons. The van der Waals surface area contributed by atoms with Gasteiger partial charge < -0.3 is 20.5 Å². The fourth-order valence-electron chi connectivity index (χ4n) is 1.36. The Hall–Kier alpha value is -1.44. The lowest BCUT2D eigenvalue weighted by molar-refractivity contribution is -0.120. The summed E-state index contributed by atoms with van der Waals surface area (Å²) in [4.78, 5) is 23.1. The molecule has 0 bridgehead atoms. The molecule has 3 N–H and O–H groups in total. The maximum absolute atomic E-state index is 11.7. The SMILES string of the molecule is O=C(CNC(=O)c1ccc(Br)cc1)NCCOCCO. The number of aliphatic hydroxyl groups excluding tert-OH is 1. The van der Waals surface area contributed by atoms with Crippen LogP contribution in [0, 0.1) is 0 Å². The van der Waals surface area contributed by atoms with Gasteiger partial charge >= 0.3 is 0 Å². The van der Waals surface area contributed by atoms with Crippen LogP contribution in [0.25, 0.3) is 0 Å². The Morgan fingerprint density at radius 1 is 1.15 bits per heavy atom. The van der Waals surface area contributed by atoms with Crippen LogP contribution in [0.4, 0.5) is 0 Å². The van der Waals surface area contributed by atoms with Gasteiger partial charge in [0.25, 0.3) is 5.91 Å². The zero-order chi connectivity index (χ0) is 14.8. The topological polar surface area (TPSA) is 87.7 Å². The van der Waals surface area contributed by atoms with Gasteiger partial charge in [-0.3, -0.25) is 9.59 Å². The van der Waals surface area contributed by atoms with Gasteiger partial charge in [0.15, 0.2) is 0 Å². The van der Waals surface area contributed by atoms with Gasteiger partial charge in [0.05, 0.1) is 26.4 Å². The number of nitrogens with one attached hydrogen (secondary N) is 2.